The molecule has 5 rings (SSSR count). The normalized spacial score (nSPS) is 15.5. The van der Waals surface area contributed by atoms with Crippen molar-refractivity contribution in [1.82, 2.24) is 0 Å². The molecule has 0 spiro atoms. The van der Waals surface area contributed by atoms with Crippen molar-refractivity contribution in [3.8, 4) is 11.1 Å². The van der Waals surface area contributed by atoms with Crippen molar-refractivity contribution in [3.63, 3.8) is 0 Å². The van der Waals surface area contributed by atoms with Crippen LogP contribution < -0.4 is 4.90 Å². The smallest absolute Gasteiger partial charge is 0.0408 e. The van der Waals surface area contributed by atoms with Gasteiger partial charge in [0.05, 0.1) is 0 Å². The maximum Gasteiger partial charge on any atom is 0.0408 e. The second-order valence-electron chi connectivity index (χ2n) is 9.06. The molecule has 2 aliphatic carbocycles. The number of benzene rings is 3. The zero-order valence-corrected chi connectivity index (χ0v) is 19.6. The first-order valence-corrected chi connectivity index (χ1v) is 11.9. The van der Waals surface area contributed by atoms with Crippen LogP contribution in [0.3, 0.4) is 0 Å². The van der Waals surface area contributed by atoms with Crippen LogP contribution >= 0.6 is 0 Å². The van der Waals surface area contributed by atoms with Crippen LogP contribution in [0, 0.1) is 6.92 Å². The lowest BCUT2D eigenvalue weighted by Gasteiger charge is -2.21. The molecule has 0 atom stereocenters. The van der Waals surface area contributed by atoms with Gasteiger partial charge < -0.3 is 4.90 Å². The van der Waals surface area contributed by atoms with Gasteiger partial charge in [0.2, 0.25) is 0 Å². The molecule has 0 amide bonds. The summed E-state index contributed by atoms with van der Waals surface area (Å²) in [4.78, 5) is 2.25. The van der Waals surface area contributed by atoms with Gasteiger partial charge in [-0.05, 0) is 90.3 Å². The molecular formula is C32H31N. The fourth-order valence-electron chi connectivity index (χ4n) is 4.69. The molecule has 3 aromatic rings. The number of hydrogen-bond donors (Lipinski definition) is 0. The minimum atomic E-state index is 1.11. The van der Waals surface area contributed by atoms with Crippen LogP contribution in [0.1, 0.15) is 36.8 Å². The third-order valence-electron chi connectivity index (χ3n) is 6.84. The van der Waals surface area contributed by atoms with Gasteiger partial charge >= 0.3 is 0 Å². The van der Waals surface area contributed by atoms with Crippen molar-refractivity contribution in [2.24, 2.45) is 0 Å². The molecule has 1 heteroatoms. The Morgan fingerprint density at radius 3 is 1.61 bits per heavy atom. The van der Waals surface area contributed by atoms with Gasteiger partial charge in [0.25, 0.3) is 0 Å². The zero-order chi connectivity index (χ0) is 22.6. The predicted molar refractivity (Wildman–Crippen MR) is 143 cm³/mol. The number of rotatable bonds is 5. The molecule has 33 heavy (non-hydrogen) atoms. The lowest BCUT2D eigenvalue weighted by molar-refractivity contribution is 0.905. The molecule has 0 aliphatic heterocycles. The quantitative estimate of drug-likeness (QED) is 0.391. The van der Waals surface area contributed by atoms with E-state index >= 15 is 0 Å². The summed E-state index contributed by atoms with van der Waals surface area (Å²) in [5.74, 6) is 0. The first kappa shape index (κ1) is 21.3. The van der Waals surface area contributed by atoms with Gasteiger partial charge in [-0.25, -0.2) is 0 Å². The molecule has 0 bridgehead atoms. The van der Waals surface area contributed by atoms with Crippen molar-refractivity contribution < 1.29 is 0 Å². The highest BCUT2D eigenvalue weighted by atomic mass is 15.1. The van der Waals surface area contributed by atoms with E-state index in [2.05, 4.69) is 122 Å². The van der Waals surface area contributed by atoms with E-state index in [9.17, 15) is 0 Å². The van der Waals surface area contributed by atoms with E-state index in [4.69, 9.17) is 0 Å². The van der Waals surface area contributed by atoms with Crippen LogP contribution in [0.4, 0.5) is 11.4 Å². The fourth-order valence-corrected chi connectivity index (χ4v) is 4.69. The van der Waals surface area contributed by atoms with Crippen LogP contribution in [0.5, 0.6) is 0 Å². The van der Waals surface area contributed by atoms with E-state index in [1.807, 2.05) is 0 Å². The van der Waals surface area contributed by atoms with Crippen molar-refractivity contribution in [3.05, 3.63) is 125 Å². The Morgan fingerprint density at radius 2 is 1.06 bits per heavy atom. The zero-order valence-electron chi connectivity index (χ0n) is 19.6. The lowest BCUT2D eigenvalue weighted by Crippen LogP contribution is -2.09. The summed E-state index contributed by atoms with van der Waals surface area (Å²) < 4.78 is 0. The first-order valence-electron chi connectivity index (χ1n) is 11.9. The second kappa shape index (κ2) is 9.50. The molecule has 1 nitrogen and oxygen atoms in total. The van der Waals surface area contributed by atoms with Gasteiger partial charge in [-0.2, -0.15) is 0 Å². The summed E-state index contributed by atoms with van der Waals surface area (Å²) >= 11 is 0. The monoisotopic (exact) mass is 429 g/mol. The number of hydrogen-bond acceptors (Lipinski definition) is 1. The molecule has 0 radical (unpaired) electrons. The van der Waals surface area contributed by atoms with Gasteiger partial charge in [0.1, 0.15) is 0 Å². The second-order valence-corrected chi connectivity index (χ2v) is 9.06. The van der Waals surface area contributed by atoms with Gasteiger partial charge in [-0.15, -0.1) is 0 Å². The number of aryl methyl sites for hydroxylation is 1. The summed E-state index contributed by atoms with van der Waals surface area (Å²) in [7, 11) is 2.14. The average Bonchev–Trinajstić information content (AvgIpc) is 2.90. The van der Waals surface area contributed by atoms with E-state index in [1.165, 1.54) is 63.2 Å². The summed E-state index contributed by atoms with van der Waals surface area (Å²) in [5.41, 5.74) is 12.0. The highest BCUT2D eigenvalue weighted by molar-refractivity contribution is 5.73. The van der Waals surface area contributed by atoms with Crippen LogP contribution in [-0.2, 0) is 0 Å². The van der Waals surface area contributed by atoms with Gasteiger partial charge in [-0.1, -0.05) is 84.5 Å². The molecule has 164 valence electrons. The maximum absolute atomic E-state index is 2.33. The predicted octanol–water partition coefficient (Wildman–Crippen LogP) is 8.81. The molecule has 0 N–H and O–H groups in total. The standard InChI is InChI=1S/C32H31N/c1-24-8-10-26(11-9-24)29-16-20-31(21-17-29)33(2)32-22-18-30(19-23-32)28-14-12-27(13-15-28)25-6-4-3-5-7-25/h3-4,6,8-12,14,16-23H,5,7,13,15H2,1-2H3. The minimum Gasteiger partial charge on any atom is -0.345 e. The number of nitrogens with zero attached hydrogens (tertiary/aromatic N) is 1. The van der Waals surface area contributed by atoms with Crippen molar-refractivity contribution in [2.75, 3.05) is 11.9 Å². The molecule has 0 saturated carbocycles. The molecule has 0 heterocycles. The van der Waals surface area contributed by atoms with E-state index in [1.54, 1.807) is 0 Å². The number of allylic oxidation sites excluding steroid dienone is 8. The summed E-state index contributed by atoms with van der Waals surface area (Å²) in [6.45, 7) is 2.12. The Morgan fingerprint density at radius 1 is 0.545 bits per heavy atom. The van der Waals surface area contributed by atoms with E-state index in [-0.39, 0.29) is 0 Å². The average molecular weight is 430 g/mol. The highest BCUT2D eigenvalue weighted by Crippen LogP contribution is 2.34. The third kappa shape index (κ3) is 4.78. The molecule has 3 aromatic carbocycles. The topological polar surface area (TPSA) is 3.24 Å². The van der Waals surface area contributed by atoms with Crippen molar-refractivity contribution >= 4 is 16.9 Å². The van der Waals surface area contributed by atoms with Crippen LogP contribution in [0.2, 0.25) is 0 Å². The highest BCUT2D eigenvalue weighted by Gasteiger charge is 2.13. The fraction of sp³-hybridized carbons (Fsp3) is 0.188. The van der Waals surface area contributed by atoms with Crippen molar-refractivity contribution in [2.45, 2.75) is 32.6 Å². The summed E-state index contributed by atoms with van der Waals surface area (Å²) in [6.07, 6.45) is 16.0. The Bertz CT molecular complexity index is 1230. The van der Waals surface area contributed by atoms with Gasteiger partial charge in [0, 0.05) is 18.4 Å². The van der Waals surface area contributed by atoms with Crippen LogP contribution in [0.15, 0.2) is 114 Å². The molecule has 0 aromatic heterocycles. The van der Waals surface area contributed by atoms with Gasteiger partial charge in [-0.3, -0.25) is 0 Å². The Hall–Kier alpha value is -3.58. The maximum atomic E-state index is 2.33. The summed E-state index contributed by atoms with van der Waals surface area (Å²) in [5, 5.41) is 0. The molecule has 0 saturated heterocycles. The minimum absolute atomic E-state index is 1.11. The lowest BCUT2D eigenvalue weighted by atomic mass is 9.87. The molecule has 2 aliphatic rings. The first-order chi connectivity index (χ1) is 16.2. The molecule has 0 fully saturated rings. The van der Waals surface area contributed by atoms with Crippen LogP contribution in [-0.4, -0.2) is 7.05 Å². The largest absolute Gasteiger partial charge is 0.345 e. The van der Waals surface area contributed by atoms with E-state index in [0.29, 0.717) is 0 Å². The molecular weight excluding hydrogens is 398 g/mol. The van der Waals surface area contributed by atoms with E-state index < -0.39 is 0 Å². The summed E-state index contributed by atoms with van der Waals surface area (Å²) in [6, 6.07) is 26.5. The van der Waals surface area contributed by atoms with Crippen molar-refractivity contribution in [1.29, 1.82) is 0 Å². The Labute approximate surface area is 198 Å². The Balaban J connectivity index is 1.29. The molecule has 0 unspecified atom stereocenters. The van der Waals surface area contributed by atoms with Gasteiger partial charge in [0.15, 0.2) is 0 Å². The third-order valence-corrected chi connectivity index (χ3v) is 6.84. The number of anilines is 2. The Kier molecular flexibility index (Phi) is 6.13. The van der Waals surface area contributed by atoms with Crippen LogP contribution in [0.25, 0.3) is 16.7 Å². The SMILES string of the molecule is Cc1ccc(-c2ccc(N(C)c3ccc(C4=CC=C(C5=CC=CCC5)CC4)cc3)cc2)cc1. The van der Waals surface area contributed by atoms with E-state index in [0.717, 1.165) is 12.8 Å².